The summed E-state index contributed by atoms with van der Waals surface area (Å²) in [6, 6.07) is 3.37. The Bertz CT molecular complexity index is 874. The van der Waals surface area contributed by atoms with Gasteiger partial charge in [0.1, 0.15) is 11.6 Å². The van der Waals surface area contributed by atoms with Crippen LogP contribution in [0.15, 0.2) is 24.4 Å². The molecule has 2 aliphatic rings. The van der Waals surface area contributed by atoms with Crippen LogP contribution >= 0.6 is 0 Å². The van der Waals surface area contributed by atoms with Gasteiger partial charge < -0.3 is 9.57 Å². The molecule has 2 fully saturated rings. The van der Waals surface area contributed by atoms with E-state index in [1.54, 1.807) is 18.3 Å². The zero-order chi connectivity index (χ0) is 23.9. The molecule has 0 saturated heterocycles. The Balaban J connectivity index is 1.50. The number of nitrogens with one attached hydrogen (secondary N) is 2. The maximum atomic E-state index is 12.9. The molecule has 1 aromatic heterocycles. The maximum absolute atomic E-state index is 12.9. The first-order valence-electron chi connectivity index (χ1n) is 10.8. The molecular weight excluding hydrogens is 443 g/mol. The van der Waals surface area contributed by atoms with Gasteiger partial charge in [-0.05, 0) is 56.2 Å². The minimum atomic E-state index is -5.20. The first kappa shape index (κ1) is 24.7. The van der Waals surface area contributed by atoms with E-state index in [0.29, 0.717) is 12.2 Å². The summed E-state index contributed by atoms with van der Waals surface area (Å²) >= 11 is 0. The highest BCUT2D eigenvalue weighted by Gasteiger charge is 2.43. The second-order valence-electron chi connectivity index (χ2n) is 8.23. The van der Waals surface area contributed by atoms with E-state index in [1.807, 2.05) is 0 Å². The molecule has 0 spiro atoms. The Labute approximate surface area is 188 Å². The lowest BCUT2D eigenvalue weighted by molar-refractivity contribution is -0.207. The van der Waals surface area contributed by atoms with Crippen LogP contribution in [-0.4, -0.2) is 40.6 Å². The Hall–Kier alpha value is -2.95. The average Bonchev–Trinajstić information content (AvgIpc) is 3.47. The number of hydroxylamine groups is 1. The predicted octanol–water partition coefficient (Wildman–Crippen LogP) is 3.12. The van der Waals surface area contributed by atoms with E-state index in [1.165, 1.54) is 11.6 Å². The topological polar surface area (TPSA) is 107 Å². The van der Waals surface area contributed by atoms with Gasteiger partial charge in [-0.3, -0.25) is 19.9 Å². The third-order valence-electron chi connectivity index (χ3n) is 5.78. The molecular formula is C22H26F3N3O5. The molecule has 0 radical (unpaired) electrons. The van der Waals surface area contributed by atoms with Crippen molar-refractivity contribution in [3.05, 3.63) is 35.7 Å². The van der Waals surface area contributed by atoms with Crippen LogP contribution in [0.25, 0.3) is 6.08 Å². The molecule has 2 saturated carbocycles. The molecule has 0 unspecified atom stereocenters. The monoisotopic (exact) mass is 469 g/mol. The number of amides is 1. The molecule has 2 N–H and O–H groups in total. The number of rotatable bonds is 7. The molecule has 11 heteroatoms. The number of hydrogen-bond donors (Lipinski definition) is 2. The number of pyridine rings is 1. The van der Waals surface area contributed by atoms with Crippen molar-refractivity contribution in [1.82, 2.24) is 15.8 Å². The van der Waals surface area contributed by atoms with Gasteiger partial charge in [0.05, 0.1) is 5.69 Å². The van der Waals surface area contributed by atoms with Crippen LogP contribution in [0.1, 0.15) is 62.6 Å². The number of hydrogen-bond acceptors (Lipinski definition) is 7. The zero-order valence-corrected chi connectivity index (χ0v) is 18.0. The molecule has 1 heterocycles. The highest BCUT2D eigenvalue weighted by Crippen LogP contribution is 2.33. The van der Waals surface area contributed by atoms with Gasteiger partial charge in [0.25, 0.3) is 5.91 Å². The number of esters is 1. The lowest BCUT2D eigenvalue weighted by Crippen LogP contribution is -2.51. The molecule has 1 aromatic rings. The first-order valence-corrected chi connectivity index (χ1v) is 10.8. The van der Waals surface area contributed by atoms with Crippen LogP contribution in [-0.2, 0) is 30.5 Å². The number of halogens is 3. The summed E-state index contributed by atoms with van der Waals surface area (Å²) in [5.41, 5.74) is 1.88. The van der Waals surface area contributed by atoms with Crippen LogP contribution in [0.3, 0.4) is 0 Å². The molecule has 33 heavy (non-hydrogen) atoms. The molecule has 0 aromatic carbocycles. The summed E-state index contributed by atoms with van der Waals surface area (Å²) in [6.07, 6.45) is 5.89. The van der Waals surface area contributed by atoms with E-state index in [0.717, 1.165) is 63.0 Å². The summed E-state index contributed by atoms with van der Waals surface area (Å²) in [7, 11) is 0. The average molecular weight is 469 g/mol. The third kappa shape index (κ3) is 7.01. The molecule has 0 atom stereocenters. The van der Waals surface area contributed by atoms with E-state index in [-0.39, 0.29) is 12.1 Å². The number of ether oxygens (including phenoxy) is 1. The van der Waals surface area contributed by atoms with Gasteiger partial charge >= 0.3 is 18.1 Å². The van der Waals surface area contributed by atoms with Crippen molar-refractivity contribution in [3.63, 3.8) is 0 Å². The van der Waals surface area contributed by atoms with Crippen molar-refractivity contribution < 1.29 is 37.1 Å². The van der Waals surface area contributed by atoms with E-state index >= 15 is 0 Å². The lowest BCUT2D eigenvalue weighted by Gasteiger charge is -2.29. The maximum Gasteiger partial charge on any atom is 0.493 e. The van der Waals surface area contributed by atoms with E-state index in [9.17, 15) is 27.6 Å². The van der Waals surface area contributed by atoms with Crippen LogP contribution in [0.4, 0.5) is 13.2 Å². The number of carbonyl (C=O) groups excluding carboxylic acids is 3. The van der Waals surface area contributed by atoms with E-state index < -0.39 is 23.6 Å². The van der Waals surface area contributed by atoms with Crippen molar-refractivity contribution in [2.75, 3.05) is 0 Å². The fraction of sp³-hybridized carbons (Fsp3) is 0.545. The van der Waals surface area contributed by atoms with Crippen LogP contribution < -0.4 is 10.8 Å². The summed E-state index contributed by atoms with van der Waals surface area (Å²) in [6.45, 7) is 0.407. The summed E-state index contributed by atoms with van der Waals surface area (Å²) in [5.74, 6) is -3.76. The fourth-order valence-corrected chi connectivity index (χ4v) is 3.96. The van der Waals surface area contributed by atoms with E-state index in [4.69, 9.17) is 4.74 Å². The van der Waals surface area contributed by atoms with Crippen molar-refractivity contribution in [1.29, 1.82) is 0 Å². The third-order valence-corrected chi connectivity index (χ3v) is 5.78. The normalized spacial score (nSPS) is 18.4. The number of carbonyl (C=O) groups is 3. The summed E-state index contributed by atoms with van der Waals surface area (Å²) < 4.78 is 41.8. The van der Waals surface area contributed by atoms with Gasteiger partial charge in [-0.25, -0.2) is 4.79 Å². The van der Waals surface area contributed by atoms with Crippen molar-refractivity contribution in [3.8, 4) is 0 Å². The molecule has 8 nitrogen and oxygen atoms in total. The van der Waals surface area contributed by atoms with Gasteiger partial charge in [0, 0.05) is 18.8 Å². The van der Waals surface area contributed by atoms with Gasteiger partial charge in [0.15, 0.2) is 0 Å². The number of nitrogens with zero attached hydrogens (tertiary/aromatic N) is 1. The summed E-state index contributed by atoms with van der Waals surface area (Å²) in [4.78, 5) is 42.7. The Kier molecular flexibility index (Phi) is 8.06. The van der Waals surface area contributed by atoms with Gasteiger partial charge in [0.2, 0.25) is 0 Å². The van der Waals surface area contributed by atoms with Crippen LogP contribution in [0.2, 0.25) is 0 Å². The number of alkyl halides is 3. The highest BCUT2D eigenvalue weighted by molar-refractivity contribution is 5.91. The zero-order valence-electron chi connectivity index (χ0n) is 18.0. The molecule has 0 aliphatic heterocycles. The molecule has 180 valence electrons. The Morgan fingerprint density at radius 3 is 2.42 bits per heavy atom. The summed E-state index contributed by atoms with van der Waals surface area (Å²) in [5, 5.41) is 3.36. The van der Waals surface area contributed by atoms with Gasteiger partial charge in [-0.15, -0.1) is 0 Å². The van der Waals surface area contributed by atoms with Crippen LogP contribution in [0.5, 0.6) is 0 Å². The largest absolute Gasteiger partial charge is 0.493 e. The Morgan fingerprint density at radius 1 is 1.12 bits per heavy atom. The second kappa shape index (κ2) is 10.8. The lowest BCUT2D eigenvalue weighted by atomic mass is 9.97. The quantitative estimate of drug-likeness (QED) is 0.359. The number of aromatic nitrogens is 1. The SMILES string of the molecule is O=C(/C=C/c1ccc(CNC2(C(=O)OC3CCCC3)CCCC2)cn1)NOC(=O)C(F)(F)F. The molecule has 0 bridgehead atoms. The predicted molar refractivity (Wildman–Crippen MR) is 110 cm³/mol. The second-order valence-corrected chi connectivity index (χ2v) is 8.23. The van der Waals surface area contributed by atoms with E-state index in [2.05, 4.69) is 15.1 Å². The minimum absolute atomic E-state index is 0.0127. The van der Waals surface area contributed by atoms with Crippen LogP contribution in [0, 0.1) is 0 Å². The molecule has 3 rings (SSSR count). The van der Waals surface area contributed by atoms with Gasteiger partial charge in [-0.1, -0.05) is 18.9 Å². The first-order chi connectivity index (χ1) is 15.7. The van der Waals surface area contributed by atoms with Crippen molar-refractivity contribution >= 4 is 23.9 Å². The van der Waals surface area contributed by atoms with Crippen molar-refractivity contribution in [2.45, 2.75) is 75.7 Å². The Morgan fingerprint density at radius 2 is 1.82 bits per heavy atom. The highest BCUT2D eigenvalue weighted by atomic mass is 19.4. The smallest absolute Gasteiger partial charge is 0.461 e. The molecule has 1 amide bonds. The molecule has 2 aliphatic carbocycles. The van der Waals surface area contributed by atoms with Crippen molar-refractivity contribution in [2.24, 2.45) is 0 Å². The standard InChI is InChI=1S/C22H26F3N3O5/c23-22(24,25)20(31)33-28-18(29)10-9-16-8-7-15(13-26-16)14-27-21(11-3-4-12-21)19(30)32-17-5-1-2-6-17/h7-10,13,17,27H,1-6,11-12,14H2,(H,28,29)/b10-9+. The minimum Gasteiger partial charge on any atom is -0.461 e. The van der Waals surface area contributed by atoms with Gasteiger partial charge in [-0.2, -0.15) is 18.7 Å². The fourth-order valence-electron chi connectivity index (χ4n) is 3.96.